The van der Waals surface area contributed by atoms with E-state index >= 15 is 0 Å². The van der Waals surface area contributed by atoms with Gasteiger partial charge >= 0.3 is 0 Å². The van der Waals surface area contributed by atoms with E-state index in [0.717, 1.165) is 37.3 Å². The third-order valence-corrected chi connectivity index (χ3v) is 3.60. The van der Waals surface area contributed by atoms with Gasteiger partial charge in [-0.1, -0.05) is 6.92 Å². The molecule has 1 aliphatic rings. The first kappa shape index (κ1) is 13.1. The van der Waals surface area contributed by atoms with E-state index in [1.54, 1.807) is 0 Å². The molecule has 4 nitrogen and oxygen atoms in total. The monoisotopic (exact) mass is 248 g/mol. The lowest BCUT2D eigenvalue weighted by Crippen LogP contribution is -2.26. The van der Waals surface area contributed by atoms with Crippen LogP contribution in [0.15, 0.2) is 6.20 Å². The van der Waals surface area contributed by atoms with Crippen molar-refractivity contribution < 1.29 is 0 Å². The molecule has 1 fully saturated rings. The van der Waals surface area contributed by atoms with Gasteiger partial charge in [-0.25, -0.2) is 4.98 Å². The zero-order valence-corrected chi connectivity index (χ0v) is 11.7. The van der Waals surface area contributed by atoms with E-state index < -0.39 is 0 Å². The standard InChI is InChI=1S/C14H24N4/c1-4-15-14-16-10-12(3)13(17-14)18-8-5-6-11(2)7-9-18/h10-11H,4-9H2,1-3H3,(H,15,16,17). The Morgan fingerprint density at radius 1 is 1.39 bits per heavy atom. The van der Waals surface area contributed by atoms with Gasteiger partial charge in [-0.05, 0) is 39.0 Å². The van der Waals surface area contributed by atoms with Gasteiger partial charge in [0.25, 0.3) is 0 Å². The SMILES string of the molecule is CCNc1ncc(C)c(N2CCCC(C)CC2)n1. The normalized spacial score (nSPS) is 20.6. The average molecular weight is 248 g/mol. The zero-order chi connectivity index (χ0) is 13.0. The second-order valence-electron chi connectivity index (χ2n) is 5.25. The van der Waals surface area contributed by atoms with Gasteiger partial charge in [0, 0.05) is 31.4 Å². The van der Waals surface area contributed by atoms with Crippen LogP contribution in [0.1, 0.15) is 38.7 Å². The Morgan fingerprint density at radius 3 is 3.00 bits per heavy atom. The number of rotatable bonds is 3. The summed E-state index contributed by atoms with van der Waals surface area (Å²) in [4.78, 5) is 11.4. The van der Waals surface area contributed by atoms with Crippen LogP contribution in [0.25, 0.3) is 0 Å². The van der Waals surface area contributed by atoms with E-state index in [9.17, 15) is 0 Å². The fourth-order valence-electron chi connectivity index (χ4n) is 2.47. The van der Waals surface area contributed by atoms with Gasteiger partial charge in [0.05, 0.1) is 0 Å². The number of anilines is 2. The molecule has 1 aliphatic heterocycles. The lowest BCUT2D eigenvalue weighted by molar-refractivity contribution is 0.521. The van der Waals surface area contributed by atoms with Crippen LogP contribution in [0.4, 0.5) is 11.8 Å². The van der Waals surface area contributed by atoms with E-state index in [4.69, 9.17) is 0 Å². The highest BCUT2D eigenvalue weighted by Gasteiger charge is 2.17. The van der Waals surface area contributed by atoms with Crippen molar-refractivity contribution in [3.05, 3.63) is 11.8 Å². The number of nitrogens with zero attached hydrogens (tertiary/aromatic N) is 3. The Labute approximate surface area is 110 Å². The third kappa shape index (κ3) is 3.12. The first-order chi connectivity index (χ1) is 8.70. The molecule has 0 radical (unpaired) electrons. The molecule has 0 saturated carbocycles. The van der Waals surface area contributed by atoms with Crippen molar-refractivity contribution >= 4 is 11.8 Å². The molecule has 1 saturated heterocycles. The summed E-state index contributed by atoms with van der Waals surface area (Å²) in [6.07, 6.45) is 5.79. The van der Waals surface area contributed by atoms with E-state index in [2.05, 4.69) is 41.0 Å². The summed E-state index contributed by atoms with van der Waals surface area (Å²) in [6, 6.07) is 0. The number of aryl methyl sites for hydroxylation is 1. The van der Waals surface area contributed by atoms with Crippen molar-refractivity contribution in [2.24, 2.45) is 5.92 Å². The highest BCUT2D eigenvalue weighted by Crippen LogP contribution is 2.23. The zero-order valence-electron chi connectivity index (χ0n) is 11.7. The van der Waals surface area contributed by atoms with Gasteiger partial charge in [0.15, 0.2) is 0 Å². The molecule has 0 amide bonds. The van der Waals surface area contributed by atoms with Gasteiger partial charge in [-0.3, -0.25) is 0 Å². The molecule has 1 N–H and O–H groups in total. The van der Waals surface area contributed by atoms with Gasteiger partial charge in [0.1, 0.15) is 5.82 Å². The molecule has 1 aromatic heterocycles. The minimum Gasteiger partial charge on any atom is -0.356 e. The first-order valence-corrected chi connectivity index (χ1v) is 7.03. The quantitative estimate of drug-likeness (QED) is 0.893. The maximum absolute atomic E-state index is 4.66. The number of nitrogens with one attached hydrogen (secondary N) is 1. The molecule has 0 aromatic carbocycles. The second-order valence-corrected chi connectivity index (χ2v) is 5.25. The molecule has 2 heterocycles. The van der Waals surface area contributed by atoms with Gasteiger partial charge < -0.3 is 10.2 Å². The Bertz CT molecular complexity index is 391. The highest BCUT2D eigenvalue weighted by molar-refractivity contribution is 5.49. The van der Waals surface area contributed by atoms with Crippen LogP contribution in [-0.2, 0) is 0 Å². The molecule has 0 bridgehead atoms. The predicted octanol–water partition coefficient (Wildman–Crippen LogP) is 2.84. The molecular weight excluding hydrogens is 224 g/mol. The van der Waals surface area contributed by atoms with E-state index in [1.807, 2.05) is 6.20 Å². The van der Waals surface area contributed by atoms with Gasteiger partial charge in [-0.15, -0.1) is 0 Å². The minimum atomic E-state index is 0.746. The number of hydrogen-bond acceptors (Lipinski definition) is 4. The van der Waals surface area contributed by atoms with Crippen LogP contribution in [0, 0.1) is 12.8 Å². The fraction of sp³-hybridized carbons (Fsp3) is 0.714. The maximum atomic E-state index is 4.66. The smallest absolute Gasteiger partial charge is 0.224 e. The van der Waals surface area contributed by atoms with Crippen molar-refractivity contribution in [3.8, 4) is 0 Å². The van der Waals surface area contributed by atoms with Crippen molar-refractivity contribution in [3.63, 3.8) is 0 Å². The summed E-state index contributed by atoms with van der Waals surface area (Å²) in [6.45, 7) is 9.61. The largest absolute Gasteiger partial charge is 0.356 e. The van der Waals surface area contributed by atoms with Crippen LogP contribution >= 0.6 is 0 Å². The molecule has 1 unspecified atom stereocenters. The van der Waals surface area contributed by atoms with Crippen LogP contribution in [0.3, 0.4) is 0 Å². The fourth-order valence-corrected chi connectivity index (χ4v) is 2.47. The molecule has 1 atom stereocenters. The van der Waals surface area contributed by atoms with Crippen molar-refractivity contribution in [2.75, 3.05) is 29.9 Å². The lowest BCUT2D eigenvalue weighted by Gasteiger charge is -2.23. The predicted molar refractivity (Wildman–Crippen MR) is 76.2 cm³/mol. The van der Waals surface area contributed by atoms with Gasteiger partial charge in [0.2, 0.25) is 5.95 Å². The first-order valence-electron chi connectivity index (χ1n) is 7.03. The van der Waals surface area contributed by atoms with Crippen LogP contribution in [0.2, 0.25) is 0 Å². The Hall–Kier alpha value is -1.32. The Morgan fingerprint density at radius 2 is 2.22 bits per heavy atom. The summed E-state index contributed by atoms with van der Waals surface area (Å²) in [5.74, 6) is 2.69. The summed E-state index contributed by atoms with van der Waals surface area (Å²) >= 11 is 0. The number of aromatic nitrogens is 2. The van der Waals surface area contributed by atoms with Crippen LogP contribution in [0.5, 0.6) is 0 Å². The topological polar surface area (TPSA) is 41.1 Å². The summed E-state index contributed by atoms with van der Waals surface area (Å²) in [5, 5.41) is 3.19. The molecule has 0 spiro atoms. The molecule has 100 valence electrons. The third-order valence-electron chi connectivity index (χ3n) is 3.60. The molecule has 18 heavy (non-hydrogen) atoms. The molecule has 2 rings (SSSR count). The summed E-state index contributed by atoms with van der Waals surface area (Å²) in [5.41, 5.74) is 1.17. The highest BCUT2D eigenvalue weighted by atomic mass is 15.2. The maximum Gasteiger partial charge on any atom is 0.224 e. The minimum absolute atomic E-state index is 0.746. The Kier molecular flexibility index (Phi) is 4.39. The van der Waals surface area contributed by atoms with Crippen LogP contribution < -0.4 is 10.2 Å². The van der Waals surface area contributed by atoms with Crippen molar-refractivity contribution in [2.45, 2.75) is 40.0 Å². The second kappa shape index (κ2) is 6.03. The molecule has 0 aliphatic carbocycles. The number of hydrogen-bond donors (Lipinski definition) is 1. The van der Waals surface area contributed by atoms with E-state index in [-0.39, 0.29) is 0 Å². The lowest BCUT2D eigenvalue weighted by atomic mass is 10.0. The van der Waals surface area contributed by atoms with Crippen molar-refractivity contribution in [1.82, 2.24) is 9.97 Å². The summed E-state index contributed by atoms with van der Waals surface area (Å²) in [7, 11) is 0. The Balaban J connectivity index is 2.17. The molecular formula is C14H24N4. The molecule has 1 aromatic rings. The van der Waals surface area contributed by atoms with Crippen LogP contribution in [-0.4, -0.2) is 29.6 Å². The van der Waals surface area contributed by atoms with E-state index in [1.165, 1.54) is 24.8 Å². The summed E-state index contributed by atoms with van der Waals surface area (Å²) < 4.78 is 0. The van der Waals surface area contributed by atoms with Crippen molar-refractivity contribution in [1.29, 1.82) is 0 Å². The van der Waals surface area contributed by atoms with Gasteiger partial charge in [-0.2, -0.15) is 4.98 Å². The average Bonchev–Trinajstić information content (AvgIpc) is 2.57. The molecule has 4 heteroatoms. The van der Waals surface area contributed by atoms with E-state index in [0.29, 0.717) is 0 Å².